The van der Waals surface area contributed by atoms with Crippen LogP contribution in [0.4, 0.5) is 0 Å². The Morgan fingerprint density at radius 3 is 2.31 bits per heavy atom. The Balaban J connectivity index is 1.81. The molecule has 0 saturated carbocycles. The van der Waals surface area contributed by atoms with Crippen LogP contribution in [-0.4, -0.2) is 13.1 Å². The highest BCUT2D eigenvalue weighted by atomic mass is 28.3. The van der Waals surface area contributed by atoms with Crippen LogP contribution < -0.4 is 14.5 Å². The first kappa shape index (κ1) is 23.2. The molecule has 0 spiro atoms. The van der Waals surface area contributed by atoms with E-state index in [1.165, 1.54) is 49.1 Å². The molecule has 1 aromatic heterocycles. The number of aryl methyl sites for hydroxylation is 2. The Hall–Kier alpha value is -3.24. The maximum Gasteiger partial charge on any atom is 0.287 e. The second kappa shape index (κ2) is 7.63. The van der Waals surface area contributed by atoms with E-state index in [-0.39, 0.29) is 5.41 Å². The number of ether oxygens (including phenoxy) is 1. The maximum atomic E-state index is 7.01. The largest absolute Gasteiger partial charge is 0.455 e. The molecular formula is C32H35N2OSi+. The molecular weight excluding hydrogens is 456 g/mol. The molecule has 4 aromatic carbocycles. The first-order valence-corrected chi connectivity index (χ1v) is 16.4. The number of fused-ring (bicyclic) bond motifs is 5. The molecule has 0 atom stereocenters. The Morgan fingerprint density at radius 1 is 0.917 bits per heavy atom. The van der Waals surface area contributed by atoms with Crippen molar-refractivity contribution in [1.29, 1.82) is 0 Å². The standard InChI is InChI=1S/C32H35N2OSi/c1-19-20-12-9-10-13-21(20)24(17-32(2,3)4)31-27(19)30-28-25(35-31)16-23-22(29(28)33-18-34(30)5)14-11-15-26(23)36(6,7)8/h9-16,18H,17H2,1-8H3/q+1. The summed E-state index contributed by atoms with van der Waals surface area (Å²) in [7, 11) is 0.537. The lowest BCUT2D eigenvalue weighted by Crippen LogP contribution is -2.38. The van der Waals surface area contributed by atoms with E-state index in [9.17, 15) is 0 Å². The summed E-state index contributed by atoms with van der Waals surface area (Å²) in [5.41, 5.74) is 6.13. The summed E-state index contributed by atoms with van der Waals surface area (Å²) >= 11 is 0. The van der Waals surface area contributed by atoms with Crippen molar-refractivity contribution in [3.05, 3.63) is 66.0 Å². The fraction of sp³-hybridized carbons (Fsp3) is 0.312. The lowest BCUT2D eigenvalue weighted by Gasteiger charge is -2.29. The summed E-state index contributed by atoms with van der Waals surface area (Å²) < 4.78 is 9.19. The highest BCUT2D eigenvalue weighted by molar-refractivity contribution is 6.90. The quantitative estimate of drug-likeness (QED) is 0.142. The Labute approximate surface area is 214 Å². The molecule has 0 amide bonds. The molecule has 3 nitrogen and oxygen atoms in total. The number of hydrogen-bond acceptors (Lipinski definition) is 2. The molecule has 2 heterocycles. The number of aromatic nitrogens is 2. The molecule has 0 fully saturated rings. The van der Waals surface area contributed by atoms with Crippen molar-refractivity contribution in [2.24, 2.45) is 12.5 Å². The zero-order chi connectivity index (χ0) is 25.6. The minimum Gasteiger partial charge on any atom is -0.455 e. The van der Waals surface area contributed by atoms with E-state index in [4.69, 9.17) is 9.72 Å². The van der Waals surface area contributed by atoms with Crippen molar-refractivity contribution in [3.63, 3.8) is 0 Å². The molecule has 0 saturated heterocycles. The second-order valence-corrected chi connectivity index (χ2v) is 17.7. The smallest absolute Gasteiger partial charge is 0.287 e. The van der Waals surface area contributed by atoms with Gasteiger partial charge in [0.1, 0.15) is 16.9 Å². The summed E-state index contributed by atoms with van der Waals surface area (Å²) in [4.78, 5) is 4.98. The number of rotatable bonds is 2. The predicted molar refractivity (Wildman–Crippen MR) is 154 cm³/mol. The van der Waals surface area contributed by atoms with Gasteiger partial charge in [-0.1, -0.05) is 82.0 Å². The number of nitrogens with zero attached hydrogens (tertiary/aromatic N) is 2. The van der Waals surface area contributed by atoms with E-state index < -0.39 is 8.07 Å². The van der Waals surface area contributed by atoms with Gasteiger partial charge < -0.3 is 4.74 Å². The van der Waals surface area contributed by atoms with Crippen molar-refractivity contribution in [1.82, 2.24) is 4.98 Å². The Morgan fingerprint density at radius 2 is 1.61 bits per heavy atom. The number of hydrogen-bond donors (Lipinski definition) is 0. The fourth-order valence-electron chi connectivity index (χ4n) is 6.02. The summed E-state index contributed by atoms with van der Waals surface area (Å²) in [6.07, 6.45) is 2.92. The molecule has 1 aliphatic rings. The van der Waals surface area contributed by atoms with Gasteiger partial charge in [0.15, 0.2) is 11.2 Å². The molecule has 6 rings (SSSR count). The molecule has 1 aliphatic heterocycles. The average molecular weight is 492 g/mol. The van der Waals surface area contributed by atoms with Gasteiger partial charge in [-0.15, -0.1) is 0 Å². The summed E-state index contributed by atoms with van der Waals surface area (Å²) in [5.74, 6) is 1.95. The number of benzene rings is 4. The summed E-state index contributed by atoms with van der Waals surface area (Å²) in [6.45, 7) is 16.4. The first-order valence-electron chi connectivity index (χ1n) is 12.9. The third kappa shape index (κ3) is 3.38. The highest BCUT2D eigenvalue weighted by Crippen LogP contribution is 2.52. The van der Waals surface area contributed by atoms with E-state index in [1.54, 1.807) is 0 Å². The minimum atomic E-state index is -1.58. The molecule has 4 heteroatoms. The lowest BCUT2D eigenvalue weighted by molar-refractivity contribution is -0.662. The van der Waals surface area contributed by atoms with Crippen LogP contribution in [0, 0.1) is 12.3 Å². The molecule has 0 radical (unpaired) electrons. The van der Waals surface area contributed by atoms with Gasteiger partial charge in [0.25, 0.3) is 6.33 Å². The van der Waals surface area contributed by atoms with Crippen LogP contribution in [0.5, 0.6) is 11.5 Å². The molecule has 182 valence electrons. The molecule has 0 bridgehead atoms. The van der Waals surface area contributed by atoms with Gasteiger partial charge in [-0.2, -0.15) is 0 Å². The van der Waals surface area contributed by atoms with Gasteiger partial charge in [-0.05, 0) is 57.6 Å². The van der Waals surface area contributed by atoms with Crippen molar-refractivity contribution in [3.8, 4) is 22.8 Å². The molecule has 0 unspecified atom stereocenters. The topological polar surface area (TPSA) is 26.0 Å². The van der Waals surface area contributed by atoms with Gasteiger partial charge in [0, 0.05) is 10.9 Å². The summed E-state index contributed by atoms with van der Waals surface area (Å²) in [6, 6.07) is 17.8. The summed E-state index contributed by atoms with van der Waals surface area (Å²) in [5, 5.41) is 7.67. The highest BCUT2D eigenvalue weighted by Gasteiger charge is 2.34. The van der Waals surface area contributed by atoms with Crippen LogP contribution in [0.3, 0.4) is 0 Å². The van der Waals surface area contributed by atoms with E-state index in [0.717, 1.165) is 28.8 Å². The first-order chi connectivity index (χ1) is 17.0. The monoisotopic (exact) mass is 491 g/mol. The fourth-order valence-corrected chi connectivity index (χ4v) is 7.64. The SMILES string of the molecule is Cc1c2c(c(CC(C)(C)C)c3ccccc13)Oc1cc3c([Si](C)(C)C)cccc3c3nc[n+](C)c-2c13. The van der Waals surface area contributed by atoms with Gasteiger partial charge in [-0.25, -0.2) is 4.57 Å². The van der Waals surface area contributed by atoms with E-state index in [1.807, 2.05) is 6.33 Å². The zero-order valence-electron chi connectivity index (χ0n) is 22.7. The Bertz CT molecular complexity index is 1720. The maximum absolute atomic E-state index is 7.01. The molecule has 0 N–H and O–H groups in total. The van der Waals surface area contributed by atoms with E-state index in [0.29, 0.717) is 0 Å². The van der Waals surface area contributed by atoms with Crippen LogP contribution in [0.15, 0.2) is 54.9 Å². The zero-order valence-corrected chi connectivity index (χ0v) is 23.7. The van der Waals surface area contributed by atoms with Crippen molar-refractivity contribution in [2.75, 3.05) is 0 Å². The lowest BCUT2D eigenvalue weighted by atomic mass is 9.82. The molecule has 0 aliphatic carbocycles. The van der Waals surface area contributed by atoms with Gasteiger partial charge >= 0.3 is 0 Å². The van der Waals surface area contributed by atoms with Crippen LogP contribution in [0.25, 0.3) is 43.7 Å². The average Bonchev–Trinajstić information content (AvgIpc) is 2.81. The predicted octanol–water partition coefficient (Wildman–Crippen LogP) is 7.58. The Kier molecular flexibility index (Phi) is 4.91. The van der Waals surface area contributed by atoms with Crippen molar-refractivity contribution < 1.29 is 9.30 Å². The third-order valence-electron chi connectivity index (χ3n) is 7.57. The minimum absolute atomic E-state index is 0.125. The normalized spacial score (nSPS) is 13.3. The van der Waals surface area contributed by atoms with Gasteiger partial charge in [0.2, 0.25) is 0 Å². The van der Waals surface area contributed by atoms with Gasteiger partial charge in [0.05, 0.1) is 20.7 Å². The van der Waals surface area contributed by atoms with Crippen LogP contribution in [0.2, 0.25) is 19.6 Å². The second-order valence-electron chi connectivity index (χ2n) is 12.6. The molecule has 5 aromatic rings. The van der Waals surface area contributed by atoms with E-state index >= 15 is 0 Å². The van der Waals surface area contributed by atoms with Crippen molar-refractivity contribution in [2.45, 2.75) is 53.8 Å². The van der Waals surface area contributed by atoms with Gasteiger partial charge in [-0.3, -0.25) is 0 Å². The van der Waals surface area contributed by atoms with Crippen molar-refractivity contribution >= 4 is 45.7 Å². The van der Waals surface area contributed by atoms with Crippen LogP contribution >= 0.6 is 0 Å². The van der Waals surface area contributed by atoms with Crippen LogP contribution in [-0.2, 0) is 13.5 Å². The van der Waals surface area contributed by atoms with E-state index in [2.05, 4.69) is 107 Å². The third-order valence-corrected chi connectivity index (χ3v) is 9.62. The van der Waals surface area contributed by atoms with Crippen LogP contribution in [0.1, 0.15) is 31.9 Å². The molecule has 36 heavy (non-hydrogen) atoms.